The molecule has 3 nitrogen and oxygen atoms in total. The smallest absolute Gasteiger partial charge is 0.129 e. The summed E-state index contributed by atoms with van der Waals surface area (Å²) in [6.45, 7) is 3.38. The molecule has 5 heteroatoms. The first-order chi connectivity index (χ1) is 8.22. The van der Waals surface area contributed by atoms with Crippen molar-refractivity contribution in [3.05, 3.63) is 35.4 Å². The highest BCUT2D eigenvalue weighted by atomic mass is 19.1. The Morgan fingerprint density at radius 1 is 1.29 bits per heavy atom. The topological polar surface area (TPSA) is 27.3 Å². The molecule has 1 aromatic rings. The van der Waals surface area contributed by atoms with Crippen LogP contribution in [0.5, 0.6) is 0 Å². The third-order valence-corrected chi connectivity index (χ3v) is 3.04. The lowest BCUT2D eigenvalue weighted by Crippen LogP contribution is -2.48. The van der Waals surface area contributed by atoms with Gasteiger partial charge in [-0.1, -0.05) is 0 Å². The maximum Gasteiger partial charge on any atom is 0.129 e. The molecule has 1 aliphatic heterocycles. The van der Waals surface area contributed by atoms with Gasteiger partial charge in [0.05, 0.1) is 6.17 Å². The molecule has 1 aliphatic rings. The van der Waals surface area contributed by atoms with Crippen LogP contribution in [0.4, 0.5) is 8.78 Å². The van der Waals surface area contributed by atoms with Gasteiger partial charge < -0.3 is 10.6 Å². The van der Waals surface area contributed by atoms with Crippen LogP contribution in [0.1, 0.15) is 11.7 Å². The summed E-state index contributed by atoms with van der Waals surface area (Å²) < 4.78 is 26.9. The summed E-state index contributed by atoms with van der Waals surface area (Å²) in [5, 5.41) is 6.28. The summed E-state index contributed by atoms with van der Waals surface area (Å²) in [7, 11) is 1.76. The summed E-state index contributed by atoms with van der Waals surface area (Å²) in [5.41, 5.74) is 0.370. The quantitative estimate of drug-likeness (QED) is 0.829. The molecule has 1 saturated heterocycles. The maximum atomic E-state index is 13.7. The van der Waals surface area contributed by atoms with Crippen molar-refractivity contribution in [2.24, 2.45) is 0 Å². The fourth-order valence-corrected chi connectivity index (χ4v) is 2.20. The van der Waals surface area contributed by atoms with Crippen LogP contribution in [0, 0.1) is 11.6 Å². The van der Waals surface area contributed by atoms with E-state index in [0.717, 1.165) is 32.2 Å². The minimum Gasteiger partial charge on any atom is -0.314 e. The summed E-state index contributed by atoms with van der Waals surface area (Å²) in [5.74, 6) is -0.777. The van der Waals surface area contributed by atoms with Crippen LogP contribution in [0.3, 0.4) is 0 Å². The predicted octanol–water partition coefficient (Wildman–Crippen LogP) is 1.09. The Morgan fingerprint density at radius 3 is 2.65 bits per heavy atom. The average Bonchev–Trinajstić information content (AvgIpc) is 2.36. The van der Waals surface area contributed by atoms with Gasteiger partial charge in [0.15, 0.2) is 0 Å². The van der Waals surface area contributed by atoms with E-state index in [1.54, 1.807) is 7.05 Å². The Balaban J connectivity index is 2.24. The second kappa shape index (κ2) is 5.53. The second-order valence-corrected chi connectivity index (χ2v) is 4.14. The van der Waals surface area contributed by atoms with Crippen molar-refractivity contribution in [2.45, 2.75) is 6.17 Å². The Labute approximate surface area is 99.8 Å². The molecule has 1 fully saturated rings. The van der Waals surface area contributed by atoms with E-state index in [4.69, 9.17) is 0 Å². The standard InChI is InChI=1S/C12H17F2N3/c1-15-12(17-6-4-16-5-7-17)10-8-9(13)2-3-11(10)14/h2-3,8,12,15-16H,4-7H2,1H3. The highest BCUT2D eigenvalue weighted by Crippen LogP contribution is 2.21. The van der Waals surface area contributed by atoms with E-state index in [9.17, 15) is 8.78 Å². The number of nitrogens with one attached hydrogen (secondary N) is 2. The van der Waals surface area contributed by atoms with Crippen molar-refractivity contribution in [3.8, 4) is 0 Å². The molecule has 94 valence electrons. The van der Waals surface area contributed by atoms with Crippen molar-refractivity contribution >= 4 is 0 Å². The molecule has 0 saturated carbocycles. The van der Waals surface area contributed by atoms with Crippen molar-refractivity contribution in [1.29, 1.82) is 0 Å². The molecule has 1 heterocycles. The predicted molar refractivity (Wildman–Crippen MR) is 62.6 cm³/mol. The number of halogens is 2. The van der Waals surface area contributed by atoms with E-state index >= 15 is 0 Å². The number of rotatable bonds is 3. The Kier molecular flexibility index (Phi) is 4.04. The van der Waals surface area contributed by atoms with Crippen molar-refractivity contribution in [1.82, 2.24) is 15.5 Å². The minimum absolute atomic E-state index is 0.271. The van der Waals surface area contributed by atoms with Crippen LogP contribution in [0.2, 0.25) is 0 Å². The molecule has 0 spiro atoms. The van der Waals surface area contributed by atoms with E-state index in [1.807, 2.05) is 0 Å². The molecule has 0 aromatic heterocycles. The first-order valence-corrected chi connectivity index (χ1v) is 5.79. The first-order valence-electron chi connectivity index (χ1n) is 5.79. The van der Waals surface area contributed by atoms with Gasteiger partial charge in [-0.05, 0) is 25.2 Å². The first kappa shape index (κ1) is 12.4. The van der Waals surface area contributed by atoms with Gasteiger partial charge in [-0.3, -0.25) is 4.90 Å². The molecule has 2 rings (SSSR count). The van der Waals surface area contributed by atoms with Crippen molar-refractivity contribution < 1.29 is 8.78 Å². The average molecular weight is 241 g/mol. The number of nitrogens with zero attached hydrogens (tertiary/aromatic N) is 1. The van der Waals surface area contributed by atoms with Crippen LogP contribution in [-0.2, 0) is 0 Å². The van der Waals surface area contributed by atoms with Crippen LogP contribution in [0.15, 0.2) is 18.2 Å². The number of piperazine rings is 1. The molecule has 1 aromatic carbocycles. The lowest BCUT2D eigenvalue weighted by molar-refractivity contribution is 0.149. The fraction of sp³-hybridized carbons (Fsp3) is 0.500. The largest absolute Gasteiger partial charge is 0.314 e. The van der Waals surface area contributed by atoms with E-state index in [-0.39, 0.29) is 12.0 Å². The van der Waals surface area contributed by atoms with E-state index < -0.39 is 5.82 Å². The highest BCUT2D eigenvalue weighted by molar-refractivity contribution is 5.22. The lowest BCUT2D eigenvalue weighted by atomic mass is 10.1. The summed E-state index contributed by atoms with van der Waals surface area (Å²) >= 11 is 0. The molecule has 0 bridgehead atoms. The van der Waals surface area contributed by atoms with Gasteiger partial charge >= 0.3 is 0 Å². The van der Waals surface area contributed by atoms with Gasteiger partial charge in [0.1, 0.15) is 11.6 Å². The number of hydrogen-bond acceptors (Lipinski definition) is 3. The Morgan fingerprint density at radius 2 is 2.00 bits per heavy atom. The SMILES string of the molecule is CNC(c1cc(F)ccc1F)N1CCNCC1. The van der Waals surface area contributed by atoms with Crippen LogP contribution in [-0.4, -0.2) is 38.1 Å². The zero-order chi connectivity index (χ0) is 12.3. The summed E-state index contributed by atoms with van der Waals surface area (Å²) in [6, 6.07) is 3.58. The van der Waals surface area contributed by atoms with Gasteiger partial charge in [0.25, 0.3) is 0 Å². The van der Waals surface area contributed by atoms with E-state index in [1.165, 1.54) is 12.1 Å². The number of benzene rings is 1. The molecule has 0 aliphatic carbocycles. The Hall–Kier alpha value is -1.04. The highest BCUT2D eigenvalue weighted by Gasteiger charge is 2.23. The Bertz CT molecular complexity index is 378. The molecule has 1 unspecified atom stereocenters. The van der Waals surface area contributed by atoms with Crippen LogP contribution in [0.25, 0.3) is 0 Å². The molecule has 1 atom stereocenters. The van der Waals surface area contributed by atoms with Crippen molar-refractivity contribution in [2.75, 3.05) is 33.2 Å². The zero-order valence-electron chi connectivity index (χ0n) is 9.84. The monoisotopic (exact) mass is 241 g/mol. The van der Waals surface area contributed by atoms with Gasteiger partial charge in [-0.15, -0.1) is 0 Å². The molecule has 0 radical (unpaired) electrons. The number of hydrogen-bond donors (Lipinski definition) is 2. The molecular weight excluding hydrogens is 224 g/mol. The molecule has 0 amide bonds. The lowest BCUT2D eigenvalue weighted by Gasteiger charge is -2.35. The van der Waals surface area contributed by atoms with E-state index in [0.29, 0.717) is 5.56 Å². The minimum atomic E-state index is -0.406. The van der Waals surface area contributed by atoms with E-state index in [2.05, 4.69) is 15.5 Å². The zero-order valence-corrected chi connectivity index (χ0v) is 9.84. The van der Waals surface area contributed by atoms with Gasteiger partial charge in [-0.25, -0.2) is 8.78 Å². The van der Waals surface area contributed by atoms with Gasteiger partial charge in [-0.2, -0.15) is 0 Å². The third kappa shape index (κ3) is 2.80. The molecule has 17 heavy (non-hydrogen) atoms. The van der Waals surface area contributed by atoms with Crippen LogP contribution < -0.4 is 10.6 Å². The normalized spacial score (nSPS) is 19.2. The summed E-state index contributed by atoms with van der Waals surface area (Å²) in [4.78, 5) is 2.11. The second-order valence-electron chi connectivity index (χ2n) is 4.14. The van der Waals surface area contributed by atoms with Gasteiger partial charge in [0.2, 0.25) is 0 Å². The summed E-state index contributed by atoms with van der Waals surface area (Å²) in [6.07, 6.45) is -0.271. The maximum absolute atomic E-state index is 13.7. The van der Waals surface area contributed by atoms with Gasteiger partial charge in [0, 0.05) is 31.7 Å². The third-order valence-electron chi connectivity index (χ3n) is 3.04. The molecule has 2 N–H and O–H groups in total. The molecular formula is C12H17F2N3. The van der Waals surface area contributed by atoms with Crippen LogP contribution >= 0.6 is 0 Å². The van der Waals surface area contributed by atoms with Crippen molar-refractivity contribution in [3.63, 3.8) is 0 Å². The fourth-order valence-electron chi connectivity index (χ4n) is 2.20.